The van der Waals surface area contributed by atoms with E-state index in [4.69, 9.17) is 63.8 Å². The third kappa shape index (κ3) is 11.3. The van der Waals surface area contributed by atoms with E-state index in [0.717, 1.165) is 212 Å². The van der Waals surface area contributed by atoms with Crippen molar-refractivity contribution >= 4 is 105 Å². The molecule has 0 saturated carbocycles. The zero-order valence-electron chi connectivity index (χ0n) is 49.7. The SMILES string of the molecule is CC1(c2onc3c2CNCC3)Cc2cc(Cl)cc(-c3ccnc4cc(CO)sc34)c2O1.CN1CCc2noc(C3Cc4cc(Cl)cc(-c5ccnc6cc(CO)sc56)c4O3)c2C1.NCc1cc2nccc(-c3cc(Cl)cc4c3OC(C(=O)N3CCCCC3)C4)c2s1. The molecule has 1 fully saturated rings. The average Bonchev–Trinajstić information content (AvgIpc) is 1.62. The predicted molar refractivity (Wildman–Crippen MR) is 356 cm³/mol. The molecule has 91 heavy (non-hydrogen) atoms. The van der Waals surface area contributed by atoms with Crippen molar-refractivity contribution in [3.8, 4) is 50.6 Å². The van der Waals surface area contributed by atoms with Crippen molar-refractivity contribution < 1.29 is 38.3 Å². The molecule has 0 aliphatic carbocycles. The van der Waals surface area contributed by atoms with Gasteiger partial charge in [-0.25, -0.2) is 0 Å². The van der Waals surface area contributed by atoms with Gasteiger partial charge in [0.1, 0.15) is 17.2 Å². The van der Waals surface area contributed by atoms with Gasteiger partial charge in [-0.3, -0.25) is 19.7 Å². The number of rotatable bonds is 9. The fraction of sp³-hybridized carbons (Fsp3) is 0.324. The van der Waals surface area contributed by atoms with E-state index in [0.29, 0.717) is 40.9 Å². The lowest BCUT2D eigenvalue weighted by atomic mass is 9.91. The molecule has 0 spiro atoms. The number of fused-ring (bicyclic) bond motifs is 8. The van der Waals surface area contributed by atoms with E-state index >= 15 is 0 Å². The predicted octanol–water partition coefficient (Wildman–Crippen LogP) is 13.7. The molecule has 6 aliphatic rings. The molecule has 0 bridgehead atoms. The second kappa shape index (κ2) is 24.8. The lowest BCUT2D eigenvalue weighted by molar-refractivity contribution is -0.138. The Morgan fingerprint density at radius 1 is 0.659 bits per heavy atom. The number of piperidine rings is 1. The third-order valence-electron chi connectivity index (χ3n) is 17.8. The number of pyridine rings is 3. The van der Waals surface area contributed by atoms with Gasteiger partial charge in [0.15, 0.2) is 29.3 Å². The molecule has 11 aromatic rings. The van der Waals surface area contributed by atoms with E-state index in [-0.39, 0.29) is 25.2 Å². The van der Waals surface area contributed by atoms with Crippen LogP contribution in [0.4, 0.5) is 0 Å². The highest BCUT2D eigenvalue weighted by Crippen LogP contribution is 2.52. The normalized spacial score (nSPS) is 19.0. The number of aliphatic hydroxyl groups excluding tert-OH is 2. The topological polar surface area (TPSA) is 220 Å². The van der Waals surface area contributed by atoms with Crippen LogP contribution >= 0.6 is 68.8 Å². The lowest BCUT2D eigenvalue weighted by Gasteiger charge is -2.28. The van der Waals surface area contributed by atoms with Crippen LogP contribution < -0.4 is 25.3 Å². The standard InChI is InChI=1S/2C23H20ClN3O3S.C22H22ClN3O2S/c1-23(22-17-10-25-4-3-18(17)27-30-22)9-12-6-13(24)7-16(20(12)29-23)15-2-5-26-19-8-14(11-28)31-21(15)19;1-27-5-3-18-17(10-27)22(30-26-18)20-7-12-6-13(24)8-16(21(12)29-20)15-2-4-25-19-9-14(11-28)31-23(15)19;23-14-8-13-9-19(22(27)26-6-2-1-3-7-26)28-20(13)17(10-14)16-4-5-25-18-11-15(12-24)29-21(16)18/h2,5-8,25,28H,3-4,9-11H2,1H3;2,4,6,8-9,20,28H,3,5,7,10-11H2,1H3;4-5,8,10-11,19H,1-3,6-7,9,12,24H2. The Kier molecular flexibility index (Phi) is 16.4. The molecular formula is C68H62Cl3N9O8S3. The highest BCUT2D eigenvalue weighted by atomic mass is 35.5. The second-order valence-electron chi connectivity index (χ2n) is 24.0. The van der Waals surface area contributed by atoms with Crippen LogP contribution in [0.3, 0.4) is 0 Å². The second-order valence-corrected chi connectivity index (χ2v) is 28.8. The summed E-state index contributed by atoms with van der Waals surface area (Å²) in [5.41, 5.74) is 21.0. The highest BCUT2D eigenvalue weighted by molar-refractivity contribution is 7.20. The van der Waals surface area contributed by atoms with Gasteiger partial charge in [0, 0.05) is 187 Å². The number of carbonyl (C=O) groups excluding carboxylic acids is 1. The summed E-state index contributed by atoms with van der Waals surface area (Å²) < 4.78 is 34.1. The van der Waals surface area contributed by atoms with Crippen LogP contribution in [0.1, 0.15) is 97.6 Å². The van der Waals surface area contributed by atoms with Gasteiger partial charge >= 0.3 is 0 Å². The quantitative estimate of drug-likeness (QED) is 0.106. The van der Waals surface area contributed by atoms with Gasteiger partial charge in [0.2, 0.25) is 0 Å². The van der Waals surface area contributed by atoms with Gasteiger partial charge in [-0.2, -0.15) is 0 Å². The first-order valence-corrected chi connectivity index (χ1v) is 34.1. The van der Waals surface area contributed by atoms with Gasteiger partial charge in [-0.1, -0.05) is 45.1 Å². The fourth-order valence-electron chi connectivity index (χ4n) is 13.5. The largest absolute Gasteiger partial charge is 0.481 e. The summed E-state index contributed by atoms with van der Waals surface area (Å²) >= 11 is 24.2. The van der Waals surface area contributed by atoms with Crippen molar-refractivity contribution in [1.29, 1.82) is 0 Å². The number of benzene rings is 3. The number of amides is 1. The number of likely N-dealkylation sites (N-methyl/N-ethyl adjacent to an activating group) is 1. The molecule has 1 saturated heterocycles. The first kappa shape index (κ1) is 60.2. The van der Waals surface area contributed by atoms with Crippen LogP contribution in [0, 0.1) is 0 Å². The molecule has 3 unspecified atom stereocenters. The zero-order chi connectivity index (χ0) is 62.2. The number of aliphatic hydroxyl groups is 2. The zero-order valence-corrected chi connectivity index (χ0v) is 54.5. The molecule has 5 N–H and O–H groups in total. The minimum Gasteiger partial charge on any atom is -0.481 e. The number of hydrogen-bond donors (Lipinski definition) is 4. The van der Waals surface area contributed by atoms with Gasteiger partial charge in [-0.05, 0) is 106 Å². The molecular weight excluding hydrogens is 1270 g/mol. The molecule has 23 heteroatoms. The number of hydrogen-bond acceptors (Lipinski definition) is 19. The van der Waals surface area contributed by atoms with Crippen LogP contribution in [0.2, 0.25) is 15.1 Å². The molecule has 0 radical (unpaired) electrons. The van der Waals surface area contributed by atoms with Crippen LogP contribution in [-0.4, -0.2) is 90.5 Å². The average molecular weight is 1340 g/mol. The summed E-state index contributed by atoms with van der Waals surface area (Å²) in [4.78, 5) is 33.5. The van der Waals surface area contributed by atoms with Crippen molar-refractivity contribution in [3.05, 3.63) is 172 Å². The molecule has 6 aliphatic heterocycles. The van der Waals surface area contributed by atoms with Crippen LogP contribution in [0.15, 0.2) is 100 Å². The Morgan fingerprint density at radius 3 is 1.82 bits per heavy atom. The van der Waals surface area contributed by atoms with E-state index in [2.05, 4.69) is 49.5 Å². The van der Waals surface area contributed by atoms with Gasteiger partial charge in [-0.15, -0.1) is 34.0 Å². The Balaban J connectivity index is 0.000000114. The third-order valence-corrected chi connectivity index (χ3v) is 22.0. The van der Waals surface area contributed by atoms with Crippen LogP contribution in [0.25, 0.3) is 64.0 Å². The monoisotopic (exact) mass is 1330 g/mol. The maximum Gasteiger partial charge on any atom is 0.263 e. The Labute approximate surface area is 550 Å². The molecule has 17 rings (SSSR count). The summed E-state index contributed by atoms with van der Waals surface area (Å²) in [7, 11) is 2.11. The number of carbonyl (C=O) groups is 1. The Bertz CT molecular complexity index is 4650. The highest BCUT2D eigenvalue weighted by Gasteiger charge is 2.45. The minimum absolute atomic E-state index is 0.00224. The lowest BCUT2D eigenvalue weighted by Crippen LogP contribution is -2.43. The van der Waals surface area contributed by atoms with E-state index in [9.17, 15) is 15.0 Å². The number of halogens is 3. The first-order valence-electron chi connectivity index (χ1n) is 30.5. The fourth-order valence-corrected chi connectivity index (χ4v) is 17.3. The number of likely N-dealkylation sites (tertiary alicyclic amines) is 1. The first-order chi connectivity index (χ1) is 44.3. The molecule has 3 aromatic carbocycles. The van der Waals surface area contributed by atoms with Crippen molar-refractivity contribution in [2.75, 3.05) is 33.2 Å². The number of aromatic nitrogens is 5. The Hall–Kier alpha value is -7.05. The van der Waals surface area contributed by atoms with Crippen molar-refractivity contribution in [2.45, 2.75) is 109 Å². The van der Waals surface area contributed by atoms with Gasteiger partial charge in [0.25, 0.3) is 5.91 Å². The van der Waals surface area contributed by atoms with Crippen molar-refractivity contribution in [1.82, 2.24) is 40.4 Å². The van der Waals surface area contributed by atoms with E-state index in [1.54, 1.807) is 41.3 Å². The summed E-state index contributed by atoms with van der Waals surface area (Å²) in [5.74, 6) is 4.09. The number of ether oxygens (including phenoxy) is 3. The molecule has 1 amide bonds. The van der Waals surface area contributed by atoms with Crippen LogP contribution in [0.5, 0.6) is 17.2 Å². The maximum absolute atomic E-state index is 13.0. The summed E-state index contributed by atoms with van der Waals surface area (Å²) in [6.07, 6.45) is 11.7. The van der Waals surface area contributed by atoms with E-state index in [1.165, 1.54) is 17.8 Å². The molecule has 3 atom stereocenters. The number of nitrogens with zero attached hydrogens (tertiary/aromatic N) is 7. The van der Waals surface area contributed by atoms with E-state index in [1.807, 2.05) is 77.7 Å². The smallest absolute Gasteiger partial charge is 0.263 e. The van der Waals surface area contributed by atoms with Gasteiger partial charge < -0.3 is 54.3 Å². The van der Waals surface area contributed by atoms with Crippen molar-refractivity contribution in [2.24, 2.45) is 5.73 Å². The molecule has 17 nitrogen and oxygen atoms in total. The number of thiophene rings is 3. The summed E-state index contributed by atoms with van der Waals surface area (Å²) in [5, 5.41) is 33.2. The summed E-state index contributed by atoms with van der Waals surface area (Å²) in [6, 6.07) is 23.5. The molecule has 466 valence electrons. The number of nitrogens with one attached hydrogen (secondary N) is 1. The molecule has 14 heterocycles. The van der Waals surface area contributed by atoms with Crippen LogP contribution in [-0.2, 0) is 75.3 Å². The van der Waals surface area contributed by atoms with Gasteiger partial charge in [0.05, 0.1) is 55.3 Å². The maximum atomic E-state index is 13.0. The van der Waals surface area contributed by atoms with Crippen molar-refractivity contribution in [3.63, 3.8) is 0 Å². The molecule has 8 aromatic heterocycles. The summed E-state index contributed by atoms with van der Waals surface area (Å²) in [6.45, 7) is 7.63. The Morgan fingerprint density at radius 2 is 1.21 bits per heavy atom. The number of nitrogens with two attached hydrogens (primary N) is 1. The minimum atomic E-state index is -0.654. The van der Waals surface area contributed by atoms with E-state index < -0.39 is 11.7 Å².